The lowest BCUT2D eigenvalue weighted by atomic mass is 10.2. The van der Waals surface area contributed by atoms with E-state index in [9.17, 15) is 4.79 Å². The summed E-state index contributed by atoms with van der Waals surface area (Å²) in [7, 11) is 0. The number of morpholine rings is 1. The van der Waals surface area contributed by atoms with Crippen LogP contribution in [0.15, 0.2) is 36.9 Å². The summed E-state index contributed by atoms with van der Waals surface area (Å²) in [6.07, 6.45) is 6.87. The molecule has 0 aromatic carbocycles. The second-order valence-corrected chi connectivity index (χ2v) is 5.45. The Bertz CT molecular complexity index is 618. The van der Waals surface area contributed by atoms with Crippen molar-refractivity contribution in [1.82, 2.24) is 24.6 Å². The number of anilines is 1. The van der Waals surface area contributed by atoms with Gasteiger partial charge in [-0.3, -0.25) is 19.7 Å². The predicted molar refractivity (Wildman–Crippen MR) is 83.7 cm³/mol. The van der Waals surface area contributed by atoms with Crippen LogP contribution in [0.2, 0.25) is 0 Å². The van der Waals surface area contributed by atoms with Gasteiger partial charge in [0.15, 0.2) is 0 Å². The first kappa shape index (κ1) is 15.6. The maximum Gasteiger partial charge on any atom is 0.243 e. The fourth-order valence-electron chi connectivity index (χ4n) is 2.57. The summed E-state index contributed by atoms with van der Waals surface area (Å²) >= 11 is 0. The van der Waals surface area contributed by atoms with E-state index in [1.807, 2.05) is 23.9 Å². The number of aromatic nitrogens is 4. The Kier molecular flexibility index (Phi) is 4.94. The number of amides is 1. The number of hydrogen-bond donors (Lipinski definition) is 1. The number of nitrogens with one attached hydrogen (secondary N) is 1. The molecule has 23 heavy (non-hydrogen) atoms. The van der Waals surface area contributed by atoms with Gasteiger partial charge < -0.3 is 4.74 Å². The summed E-state index contributed by atoms with van der Waals surface area (Å²) in [4.78, 5) is 22.5. The Morgan fingerprint density at radius 1 is 1.39 bits per heavy atom. The third kappa shape index (κ3) is 4.11. The van der Waals surface area contributed by atoms with Crippen LogP contribution in [0.4, 0.5) is 5.95 Å². The molecule has 1 aliphatic heterocycles. The third-order valence-corrected chi connectivity index (χ3v) is 3.85. The number of hydrogen-bond acceptors (Lipinski definition) is 6. The van der Waals surface area contributed by atoms with E-state index in [4.69, 9.17) is 4.74 Å². The number of ether oxygens (including phenoxy) is 1. The first-order valence-corrected chi connectivity index (χ1v) is 7.63. The second kappa shape index (κ2) is 7.30. The number of nitrogens with zero attached hydrogens (tertiary/aromatic N) is 5. The van der Waals surface area contributed by atoms with E-state index in [2.05, 4.69) is 25.3 Å². The van der Waals surface area contributed by atoms with E-state index in [1.54, 1.807) is 24.7 Å². The van der Waals surface area contributed by atoms with Gasteiger partial charge in [-0.25, -0.2) is 9.97 Å². The highest BCUT2D eigenvalue weighted by atomic mass is 16.5. The molecule has 8 nitrogen and oxygen atoms in total. The highest BCUT2D eigenvalue weighted by Gasteiger charge is 2.28. The van der Waals surface area contributed by atoms with Crippen LogP contribution in [-0.2, 0) is 16.1 Å². The monoisotopic (exact) mass is 316 g/mol. The van der Waals surface area contributed by atoms with E-state index >= 15 is 0 Å². The van der Waals surface area contributed by atoms with E-state index in [0.717, 1.165) is 6.54 Å². The molecule has 3 heterocycles. The van der Waals surface area contributed by atoms with Crippen LogP contribution >= 0.6 is 0 Å². The molecule has 1 amide bonds. The van der Waals surface area contributed by atoms with Gasteiger partial charge in [-0.1, -0.05) is 0 Å². The van der Waals surface area contributed by atoms with Gasteiger partial charge in [0, 0.05) is 37.9 Å². The smallest absolute Gasteiger partial charge is 0.243 e. The summed E-state index contributed by atoms with van der Waals surface area (Å²) in [5, 5.41) is 6.93. The molecule has 3 rings (SSSR count). The molecule has 0 aliphatic carbocycles. The average Bonchev–Trinajstić information content (AvgIpc) is 3.08. The molecule has 1 saturated heterocycles. The highest BCUT2D eigenvalue weighted by molar-refractivity contribution is 5.93. The molecule has 0 radical (unpaired) electrons. The molecule has 8 heteroatoms. The van der Waals surface area contributed by atoms with Crippen molar-refractivity contribution < 1.29 is 9.53 Å². The normalized spacial score (nSPS) is 20.1. The van der Waals surface area contributed by atoms with Crippen molar-refractivity contribution in [1.29, 1.82) is 0 Å². The quantitative estimate of drug-likeness (QED) is 0.859. The Hall–Kier alpha value is -2.32. The zero-order chi connectivity index (χ0) is 16.1. The molecule has 122 valence electrons. The van der Waals surface area contributed by atoms with Gasteiger partial charge in [-0.05, 0) is 19.1 Å². The van der Waals surface area contributed by atoms with Gasteiger partial charge >= 0.3 is 0 Å². The molecule has 0 saturated carbocycles. The van der Waals surface area contributed by atoms with Crippen LogP contribution in [0.5, 0.6) is 0 Å². The fraction of sp³-hybridized carbons (Fsp3) is 0.467. The van der Waals surface area contributed by atoms with Crippen molar-refractivity contribution in [3.8, 4) is 0 Å². The minimum atomic E-state index is -0.275. The van der Waals surface area contributed by atoms with Crippen molar-refractivity contribution in [3.05, 3.63) is 36.9 Å². The van der Waals surface area contributed by atoms with Crippen molar-refractivity contribution in [2.24, 2.45) is 0 Å². The standard InChI is InChI=1S/C15H20N6O2/c1-12(14(22)19-15-16-4-2-5-17-15)20-8-9-23-13(10-20)11-21-7-3-6-18-21/h2-7,12-13H,8-11H2,1H3,(H,16,17,19,22)/t12-,13-/m1/s1. The first-order chi connectivity index (χ1) is 11.2. The molecular formula is C15H20N6O2. The topological polar surface area (TPSA) is 85.2 Å². The number of carbonyl (C=O) groups is 1. The van der Waals surface area contributed by atoms with Gasteiger partial charge in [0.25, 0.3) is 0 Å². The van der Waals surface area contributed by atoms with Gasteiger partial charge in [0.2, 0.25) is 11.9 Å². The average molecular weight is 316 g/mol. The lowest BCUT2D eigenvalue weighted by Crippen LogP contribution is -2.51. The zero-order valence-electron chi connectivity index (χ0n) is 13.0. The van der Waals surface area contributed by atoms with E-state index in [0.29, 0.717) is 25.6 Å². The summed E-state index contributed by atoms with van der Waals surface area (Å²) < 4.78 is 7.61. The first-order valence-electron chi connectivity index (χ1n) is 7.63. The molecule has 0 spiro atoms. The molecule has 0 bridgehead atoms. The molecule has 2 aromatic rings. The fourth-order valence-corrected chi connectivity index (χ4v) is 2.57. The van der Waals surface area contributed by atoms with Crippen molar-refractivity contribution in [2.45, 2.75) is 25.6 Å². The van der Waals surface area contributed by atoms with Crippen LogP contribution in [-0.4, -0.2) is 62.4 Å². The summed E-state index contributed by atoms with van der Waals surface area (Å²) in [6, 6.07) is 3.32. The van der Waals surface area contributed by atoms with Crippen molar-refractivity contribution in [2.75, 3.05) is 25.0 Å². The summed E-state index contributed by atoms with van der Waals surface area (Å²) in [5.41, 5.74) is 0. The Morgan fingerprint density at radius 3 is 2.96 bits per heavy atom. The lowest BCUT2D eigenvalue weighted by molar-refractivity contribution is -0.124. The van der Waals surface area contributed by atoms with Gasteiger partial charge in [-0.2, -0.15) is 5.10 Å². The molecule has 1 N–H and O–H groups in total. The zero-order valence-corrected chi connectivity index (χ0v) is 13.0. The molecular weight excluding hydrogens is 296 g/mol. The highest BCUT2D eigenvalue weighted by Crippen LogP contribution is 2.12. The Labute approximate surface area is 134 Å². The van der Waals surface area contributed by atoms with Crippen LogP contribution in [0.1, 0.15) is 6.92 Å². The van der Waals surface area contributed by atoms with E-state index in [1.165, 1.54) is 0 Å². The SMILES string of the molecule is C[C@H](C(=O)Nc1ncccn1)N1CCO[C@@H](Cn2cccn2)C1. The van der Waals surface area contributed by atoms with Crippen LogP contribution in [0.25, 0.3) is 0 Å². The molecule has 2 aromatic heterocycles. The Morgan fingerprint density at radius 2 is 2.22 bits per heavy atom. The van der Waals surface area contributed by atoms with Gasteiger partial charge in [0.05, 0.1) is 25.3 Å². The maximum absolute atomic E-state index is 12.3. The van der Waals surface area contributed by atoms with Gasteiger partial charge in [-0.15, -0.1) is 0 Å². The van der Waals surface area contributed by atoms with Crippen LogP contribution < -0.4 is 5.32 Å². The summed E-state index contributed by atoms with van der Waals surface area (Å²) in [5.74, 6) is 0.210. The molecule has 1 aliphatic rings. The molecule has 2 atom stereocenters. The third-order valence-electron chi connectivity index (χ3n) is 3.85. The lowest BCUT2D eigenvalue weighted by Gasteiger charge is -2.35. The van der Waals surface area contributed by atoms with E-state index < -0.39 is 0 Å². The van der Waals surface area contributed by atoms with Crippen molar-refractivity contribution in [3.63, 3.8) is 0 Å². The minimum absolute atomic E-state index is 0.0203. The van der Waals surface area contributed by atoms with Crippen LogP contribution in [0.3, 0.4) is 0 Å². The molecule has 1 fully saturated rings. The number of carbonyl (C=O) groups excluding carboxylic acids is 1. The Balaban J connectivity index is 1.55. The number of rotatable bonds is 5. The second-order valence-electron chi connectivity index (χ2n) is 5.45. The van der Waals surface area contributed by atoms with Crippen LogP contribution in [0, 0.1) is 0 Å². The van der Waals surface area contributed by atoms with E-state index in [-0.39, 0.29) is 18.1 Å². The van der Waals surface area contributed by atoms with Gasteiger partial charge in [0.1, 0.15) is 0 Å². The maximum atomic E-state index is 12.3. The predicted octanol–water partition coefficient (Wildman–Crippen LogP) is 0.401. The van der Waals surface area contributed by atoms with Crippen molar-refractivity contribution >= 4 is 11.9 Å². The molecule has 0 unspecified atom stereocenters. The summed E-state index contributed by atoms with van der Waals surface area (Å²) in [6.45, 7) is 4.57. The largest absolute Gasteiger partial charge is 0.374 e. The minimum Gasteiger partial charge on any atom is -0.374 e.